The van der Waals surface area contributed by atoms with E-state index < -0.39 is 0 Å². The van der Waals surface area contributed by atoms with Gasteiger partial charge in [0, 0.05) is 23.1 Å². The molecule has 0 aliphatic carbocycles. The van der Waals surface area contributed by atoms with Gasteiger partial charge in [0.2, 0.25) is 0 Å². The number of thiophene rings is 1. The van der Waals surface area contributed by atoms with E-state index in [1.165, 1.54) is 10.4 Å². The predicted octanol–water partition coefficient (Wildman–Crippen LogP) is 3.91. The molecule has 0 radical (unpaired) electrons. The molecule has 2 heterocycles. The number of benzene rings is 1. The number of hydrogen-bond acceptors (Lipinski definition) is 4. The van der Waals surface area contributed by atoms with Crippen LogP contribution in [0.15, 0.2) is 29.6 Å². The second-order valence-corrected chi connectivity index (χ2v) is 6.57. The van der Waals surface area contributed by atoms with Crippen LogP contribution in [-0.2, 0) is 6.42 Å². The van der Waals surface area contributed by atoms with Crippen molar-refractivity contribution in [3.05, 3.63) is 45.6 Å². The summed E-state index contributed by atoms with van der Waals surface area (Å²) in [5.41, 5.74) is 1.91. The van der Waals surface area contributed by atoms with Crippen LogP contribution in [0.25, 0.3) is 0 Å². The molecule has 4 nitrogen and oxygen atoms in total. The zero-order valence-electron chi connectivity index (χ0n) is 13.7. The van der Waals surface area contributed by atoms with Gasteiger partial charge in [-0.1, -0.05) is 6.92 Å². The Labute approximate surface area is 140 Å². The van der Waals surface area contributed by atoms with Crippen molar-refractivity contribution in [2.75, 3.05) is 20.8 Å². The number of ether oxygens (including phenoxy) is 2. The van der Waals surface area contributed by atoms with E-state index in [-0.39, 0.29) is 11.9 Å². The molecule has 0 saturated carbocycles. The fraction of sp³-hybridized carbons (Fsp3) is 0.389. The number of carbonyl (C=O) groups is 1. The molecule has 1 aliphatic rings. The average Bonchev–Trinajstić information content (AvgIpc) is 3.08. The smallest absolute Gasteiger partial charge is 0.254 e. The number of carbonyl (C=O) groups excluding carboxylic acids is 1. The third-order valence-corrected chi connectivity index (χ3v) is 5.34. The maximum atomic E-state index is 13.1. The van der Waals surface area contributed by atoms with Crippen molar-refractivity contribution in [1.29, 1.82) is 0 Å². The molecule has 5 heteroatoms. The number of amides is 1. The largest absolute Gasteiger partial charge is 0.497 e. The van der Waals surface area contributed by atoms with E-state index in [4.69, 9.17) is 9.47 Å². The van der Waals surface area contributed by atoms with E-state index in [1.54, 1.807) is 43.8 Å². The molecular weight excluding hydrogens is 310 g/mol. The highest BCUT2D eigenvalue weighted by Crippen LogP contribution is 2.36. The van der Waals surface area contributed by atoms with Crippen LogP contribution in [0.2, 0.25) is 0 Å². The Morgan fingerprint density at radius 3 is 2.57 bits per heavy atom. The Morgan fingerprint density at radius 1 is 1.26 bits per heavy atom. The molecule has 0 spiro atoms. The van der Waals surface area contributed by atoms with Gasteiger partial charge in [-0.2, -0.15) is 0 Å². The van der Waals surface area contributed by atoms with Gasteiger partial charge in [-0.25, -0.2) is 0 Å². The van der Waals surface area contributed by atoms with Crippen LogP contribution in [-0.4, -0.2) is 31.6 Å². The molecular formula is C18H21NO3S. The molecule has 1 atom stereocenters. The standard InChI is InChI=1S/C18H21NO3S/c1-4-16-15-6-8-23-17(15)5-7-19(16)18(20)12-9-13(21-2)11-14(10-12)22-3/h6,8-11,16H,4-5,7H2,1-3H3/t16-/m1/s1. The Kier molecular flexibility index (Phi) is 4.57. The Morgan fingerprint density at radius 2 is 1.96 bits per heavy atom. The van der Waals surface area contributed by atoms with E-state index in [9.17, 15) is 4.79 Å². The molecule has 1 amide bonds. The van der Waals surface area contributed by atoms with Crippen molar-refractivity contribution < 1.29 is 14.3 Å². The van der Waals surface area contributed by atoms with Gasteiger partial charge in [-0.3, -0.25) is 4.79 Å². The monoisotopic (exact) mass is 331 g/mol. The van der Waals surface area contributed by atoms with Crippen LogP contribution in [0, 0.1) is 0 Å². The third kappa shape index (κ3) is 2.93. The second kappa shape index (κ2) is 6.62. The lowest BCUT2D eigenvalue weighted by Gasteiger charge is -2.35. The van der Waals surface area contributed by atoms with E-state index in [0.29, 0.717) is 17.1 Å². The minimum absolute atomic E-state index is 0.0332. The molecule has 1 aromatic heterocycles. The van der Waals surface area contributed by atoms with Gasteiger partial charge in [0.15, 0.2) is 0 Å². The predicted molar refractivity (Wildman–Crippen MR) is 91.6 cm³/mol. The molecule has 3 rings (SSSR count). The number of rotatable bonds is 4. The first-order valence-electron chi connectivity index (χ1n) is 7.78. The maximum Gasteiger partial charge on any atom is 0.254 e. The minimum atomic E-state index is 0.0332. The van der Waals surface area contributed by atoms with Crippen LogP contribution in [0.5, 0.6) is 11.5 Å². The molecule has 2 aromatic rings. The minimum Gasteiger partial charge on any atom is -0.497 e. The molecule has 0 N–H and O–H groups in total. The summed E-state index contributed by atoms with van der Waals surface area (Å²) in [7, 11) is 3.19. The van der Waals surface area contributed by atoms with Crippen molar-refractivity contribution in [2.24, 2.45) is 0 Å². The van der Waals surface area contributed by atoms with Crippen molar-refractivity contribution in [3.63, 3.8) is 0 Å². The third-order valence-electron chi connectivity index (χ3n) is 4.34. The maximum absolute atomic E-state index is 13.1. The summed E-state index contributed by atoms with van der Waals surface area (Å²) < 4.78 is 10.6. The van der Waals surface area contributed by atoms with Gasteiger partial charge in [-0.05, 0) is 42.0 Å². The Hall–Kier alpha value is -2.01. The SMILES string of the molecule is CC[C@@H]1c2ccsc2CCN1C(=O)c1cc(OC)cc(OC)c1. The Balaban J connectivity index is 1.94. The summed E-state index contributed by atoms with van der Waals surface area (Å²) in [6, 6.07) is 7.64. The van der Waals surface area contributed by atoms with Crippen LogP contribution < -0.4 is 9.47 Å². The van der Waals surface area contributed by atoms with Crippen LogP contribution in [0.1, 0.15) is 40.2 Å². The zero-order chi connectivity index (χ0) is 16.4. The highest BCUT2D eigenvalue weighted by Gasteiger charge is 2.31. The molecule has 0 saturated heterocycles. The van der Waals surface area contributed by atoms with Crippen molar-refractivity contribution in [3.8, 4) is 11.5 Å². The van der Waals surface area contributed by atoms with Gasteiger partial charge in [-0.15, -0.1) is 11.3 Å². The highest BCUT2D eigenvalue weighted by molar-refractivity contribution is 7.10. The second-order valence-electron chi connectivity index (χ2n) is 5.57. The first-order valence-corrected chi connectivity index (χ1v) is 8.66. The van der Waals surface area contributed by atoms with E-state index in [2.05, 4.69) is 18.4 Å². The molecule has 0 fully saturated rings. The van der Waals surface area contributed by atoms with Crippen molar-refractivity contribution >= 4 is 17.2 Å². The molecule has 1 aliphatic heterocycles. The first kappa shape index (κ1) is 15.9. The fourth-order valence-electron chi connectivity index (χ4n) is 3.18. The van der Waals surface area contributed by atoms with E-state index in [0.717, 1.165) is 19.4 Å². The summed E-state index contributed by atoms with van der Waals surface area (Å²) in [5, 5.41) is 2.12. The van der Waals surface area contributed by atoms with Crippen molar-refractivity contribution in [1.82, 2.24) is 4.90 Å². The van der Waals surface area contributed by atoms with Crippen LogP contribution in [0.3, 0.4) is 0 Å². The molecule has 0 unspecified atom stereocenters. The van der Waals surface area contributed by atoms with Crippen molar-refractivity contribution in [2.45, 2.75) is 25.8 Å². The lowest BCUT2D eigenvalue weighted by atomic mass is 9.97. The van der Waals surface area contributed by atoms with E-state index in [1.807, 2.05) is 4.90 Å². The normalized spacial score (nSPS) is 16.8. The van der Waals surface area contributed by atoms with Gasteiger partial charge in [0.1, 0.15) is 11.5 Å². The quantitative estimate of drug-likeness (QED) is 0.852. The van der Waals surface area contributed by atoms with Gasteiger partial charge in [0.25, 0.3) is 5.91 Å². The lowest BCUT2D eigenvalue weighted by Crippen LogP contribution is -2.39. The number of fused-ring (bicyclic) bond motifs is 1. The first-order chi connectivity index (χ1) is 11.2. The van der Waals surface area contributed by atoms with Crippen LogP contribution >= 0.6 is 11.3 Å². The zero-order valence-corrected chi connectivity index (χ0v) is 14.5. The molecule has 0 bridgehead atoms. The summed E-state index contributed by atoms with van der Waals surface area (Å²) in [4.78, 5) is 16.4. The van der Waals surface area contributed by atoms with Gasteiger partial charge >= 0.3 is 0 Å². The topological polar surface area (TPSA) is 38.8 Å². The molecule has 1 aromatic carbocycles. The van der Waals surface area contributed by atoms with Crippen LogP contribution in [0.4, 0.5) is 0 Å². The molecule has 122 valence electrons. The summed E-state index contributed by atoms with van der Waals surface area (Å²) in [5.74, 6) is 1.30. The molecule has 23 heavy (non-hydrogen) atoms. The van der Waals surface area contributed by atoms with Gasteiger partial charge in [0.05, 0.1) is 20.3 Å². The number of methoxy groups -OCH3 is 2. The fourth-order valence-corrected chi connectivity index (χ4v) is 4.10. The summed E-state index contributed by atoms with van der Waals surface area (Å²) in [6.45, 7) is 2.88. The Bertz CT molecular complexity index is 688. The van der Waals surface area contributed by atoms with Gasteiger partial charge < -0.3 is 14.4 Å². The summed E-state index contributed by atoms with van der Waals surface area (Å²) in [6.07, 6.45) is 1.84. The number of hydrogen-bond donors (Lipinski definition) is 0. The highest BCUT2D eigenvalue weighted by atomic mass is 32.1. The van der Waals surface area contributed by atoms with E-state index >= 15 is 0 Å². The average molecular weight is 331 g/mol. The number of nitrogens with zero attached hydrogens (tertiary/aromatic N) is 1. The summed E-state index contributed by atoms with van der Waals surface area (Å²) >= 11 is 1.79. The lowest BCUT2D eigenvalue weighted by molar-refractivity contribution is 0.0656.